The summed E-state index contributed by atoms with van der Waals surface area (Å²) in [7, 11) is -2.94. The highest BCUT2D eigenvalue weighted by Gasteiger charge is 2.11. The van der Waals surface area contributed by atoms with Gasteiger partial charge in [0.1, 0.15) is 0 Å². The van der Waals surface area contributed by atoms with Crippen LogP contribution in [-0.2, 0) is 9.84 Å². The van der Waals surface area contributed by atoms with Gasteiger partial charge in [0, 0.05) is 16.7 Å². The van der Waals surface area contributed by atoms with Crippen molar-refractivity contribution < 1.29 is 8.42 Å². The lowest BCUT2D eigenvalue weighted by Gasteiger charge is -2.09. The van der Waals surface area contributed by atoms with Gasteiger partial charge in [-0.05, 0) is 40.4 Å². The van der Waals surface area contributed by atoms with Crippen LogP contribution in [0.2, 0.25) is 0 Å². The molecule has 5 heteroatoms. The zero-order valence-corrected chi connectivity index (χ0v) is 13.2. The van der Waals surface area contributed by atoms with Gasteiger partial charge in [-0.2, -0.15) is 0 Å². The normalized spacial score (nSPS) is 11.8. The Labute approximate surface area is 118 Å². The van der Waals surface area contributed by atoms with Gasteiger partial charge in [0.15, 0.2) is 9.84 Å². The molecular weight excluding hydrogens is 314 g/mol. The number of anilines is 1. The Morgan fingerprint density at radius 1 is 1.22 bits per heavy atom. The molecule has 0 amide bonds. The average molecular weight is 334 g/mol. The van der Waals surface area contributed by atoms with E-state index >= 15 is 0 Å². The Bertz CT molecular complexity index is 472. The van der Waals surface area contributed by atoms with E-state index < -0.39 is 9.84 Å². The molecule has 0 aromatic heterocycles. The SMILES string of the molecule is CC(C)CCS(=O)(=O)CCNc1ccccc1Br. The van der Waals surface area contributed by atoms with E-state index in [4.69, 9.17) is 0 Å². The van der Waals surface area contributed by atoms with Gasteiger partial charge in [0.05, 0.1) is 11.5 Å². The molecule has 102 valence electrons. The summed E-state index contributed by atoms with van der Waals surface area (Å²) < 4.78 is 24.5. The highest BCUT2D eigenvalue weighted by atomic mass is 79.9. The van der Waals surface area contributed by atoms with Gasteiger partial charge in [0.25, 0.3) is 0 Å². The largest absolute Gasteiger partial charge is 0.383 e. The molecule has 0 spiro atoms. The third-order valence-electron chi connectivity index (χ3n) is 2.61. The maximum atomic E-state index is 11.8. The van der Waals surface area contributed by atoms with Crippen LogP contribution < -0.4 is 5.32 Å². The Balaban J connectivity index is 2.40. The Kier molecular flexibility index (Phi) is 6.15. The second kappa shape index (κ2) is 7.14. The molecule has 0 fully saturated rings. The van der Waals surface area contributed by atoms with E-state index in [0.29, 0.717) is 12.5 Å². The van der Waals surface area contributed by atoms with Crippen molar-refractivity contribution in [3.05, 3.63) is 28.7 Å². The van der Waals surface area contributed by atoms with Gasteiger partial charge in [0.2, 0.25) is 0 Å². The first-order valence-electron chi connectivity index (χ1n) is 6.09. The van der Waals surface area contributed by atoms with Crippen LogP contribution in [0.4, 0.5) is 5.69 Å². The predicted octanol–water partition coefficient (Wildman–Crippen LogP) is 3.32. The number of nitrogens with one attached hydrogen (secondary N) is 1. The van der Waals surface area contributed by atoms with Crippen molar-refractivity contribution in [2.24, 2.45) is 5.92 Å². The first-order valence-corrected chi connectivity index (χ1v) is 8.71. The number of para-hydroxylation sites is 1. The molecule has 0 aliphatic carbocycles. The summed E-state index contributed by atoms with van der Waals surface area (Å²) in [5.41, 5.74) is 0.927. The van der Waals surface area contributed by atoms with E-state index in [2.05, 4.69) is 21.2 Å². The summed E-state index contributed by atoms with van der Waals surface area (Å²) in [6.07, 6.45) is 0.733. The number of sulfone groups is 1. The van der Waals surface area contributed by atoms with E-state index in [9.17, 15) is 8.42 Å². The number of hydrogen-bond donors (Lipinski definition) is 1. The molecule has 1 aromatic carbocycles. The molecule has 0 saturated heterocycles. The molecule has 1 aromatic rings. The quantitative estimate of drug-likeness (QED) is 0.832. The zero-order valence-electron chi connectivity index (χ0n) is 10.8. The van der Waals surface area contributed by atoms with Crippen LogP contribution in [0.25, 0.3) is 0 Å². The van der Waals surface area contributed by atoms with E-state index in [1.807, 2.05) is 38.1 Å². The predicted molar refractivity (Wildman–Crippen MR) is 80.7 cm³/mol. The van der Waals surface area contributed by atoms with Crippen molar-refractivity contribution in [3.63, 3.8) is 0 Å². The van der Waals surface area contributed by atoms with Crippen molar-refractivity contribution in [2.45, 2.75) is 20.3 Å². The van der Waals surface area contributed by atoms with Crippen molar-refractivity contribution in [3.8, 4) is 0 Å². The second-order valence-corrected chi connectivity index (χ2v) is 7.90. The van der Waals surface area contributed by atoms with Crippen LogP contribution in [0.3, 0.4) is 0 Å². The molecule has 3 nitrogen and oxygen atoms in total. The summed E-state index contributed by atoms with van der Waals surface area (Å²) in [4.78, 5) is 0. The van der Waals surface area contributed by atoms with Gasteiger partial charge in [-0.15, -0.1) is 0 Å². The molecule has 0 aliphatic heterocycles. The maximum Gasteiger partial charge on any atom is 0.152 e. The van der Waals surface area contributed by atoms with E-state index in [-0.39, 0.29) is 11.5 Å². The number of hydrogen-bond acceptors (Lipinski definition) is 3. The molecule has 18 heavy (non-hydrogen) atoms. The summed E-state index contributed by atoms with van der Waals surface area (Å²) >= 11 is 3.41. The molecule has 0 heterocycles. The third kappa shape index (κ3) is 5.87. The summed E-state index contributed by atoms with van der Waals surface area (Å²) in [5.74, 6) is 0.889. The number of halogens is 1. The number of rotatable bonds is 7. The lowest BCUT2D eigenvalue weighted by molar-refractivity contribution is 0.574. The van der Waals surface area contributed by atoms with Gasteiger partial charge in [-0.1, -0.05) is 26.0 Å². The van der Waals surface area contributed by atoms with E-state index in [1.165, 1.54) is 0 Å². The minimum atomic E-state index is -2.94. The molecular formula is C13H20BrNO2S. The highest BCUT2D eigenvalue weighted by Crippen LogP contribution is 2.20. The van der Waals surface area contributed by atoms with Crippen molar-refractivity contribution in [1.82, 2.24) is 0 Å². The van der Waals surface area contributed by atoms with Crippen LogP contribution in [-0.4, -0.2) is 26.5 Å². The van der Waals surface area contributed by atoms with Gasteiger partial charge in [-0.3, -0.25) is 0 Å². The standard InChI is InChI=1S/C13H20BrNO2S/c1-11(2)7-9-18(16,17)10-8-15-13-6-4-3-5-12(13)14/h3-6,11,15H,7-10H2,1-2H3. The van der Waals surface area contributed by atoms with Crippen molar-refractivity contribution >= 4 is 31.5 Å². The minimum Gasteiger partial charge on any atom is -0.383 e. The third-order valence-corrected chi connectivity index (χ3v) is 4.98. The van der Waals surface area contributed by atoms with Crippen molar-refractivity contribution in [2.75, 3.05) is 23.4 Å². The van der Waals surface area contributed by atoms with Crippen LogP contribution in [0.1, 0.15) is 20.3 Å². The smallest absolute Gasteiger partial charge is 0.152 e. The van der Waals surface area contributed by atoms with Crippen LogP contribution in [0, 0.1) is 5.92 Å². The second-order valence-electron chi connectivity index (χ2n) is 4.74. The van der Waals surface area contributed by atoms with Crippen molar-refractivity contribution in [1.29, 1.82) is 0 Å². The molecule has 0 aliphatic rings. The van der Waals surface area contributed by atoms with E-state index in [0.717, 1.165) is 16.6 Å². The Hall–Kier alpha value is -0.550. The fourth-order valence-electron chi connectivity index (χ4n) is 1.46. The Morgan fingerprint density at radius 3 is 2.50 bits per heavy atom. The molecule has 1 rings (SSSR count). The van der Waals surface area contributed by atoms with E-state index in [1.54, 1.807) is 0 Å². The van der Waals surface area contributed by atoms with Crippen LogP contribution in [0.15, 0.2) is 28.7 Å². The molecule has 0 atom stereocenters. The minimum absolute atomic E-state index is 0.182. The maximum absolute atomic E-state index is 11.8. The first kappa shape index (κ1) is 15.5. The number of benzene rings is 1. The summed E-state index contributed by atoms with van der Waals surface area (Å²) in [6, 6.07) is 7.69. The van der Waals surface area contributed by atoms with Gasteiger partial charge >= 0.3 is 0 Å². The Morgan fingerprint density at radius 2 is 1.89 bits per heavy atom. The fraction of sp³-hybridized carbons (Fsp3) is 0.538. The topological polar surface area (TPSA) is 46.2 Å². The fourth-order valence-corrected chi connectivity index (χ4v) is 3.34. The zero-order chi connectivity index (χ0) is 13.6. The lowest BCUT2D eigenvalue weighted by Crippen LogP contribution is -2.19. The molecule has 0 bridgehead atoms. The van der Waals surface area contributed by atoms with Gasteiger partial charge in [-0.25, -0.2) is 8.42 Å². The van der Waals surface area contributed by atoms with Crippen LogP contribution >= 0.6 is 15.9 Å². The molecule has 1 N–H and O–H groups in total. The summed E-state index contributed by atoms with van der Waals surface area (Å²) in [6.45, 7) is 4.52. The summed E-state index contributed by atoms with van der Waals surface area (Å²) in [5, 5.41) is 3.13. The lowest BCUT2D eigenvalue weighted by atomic mass is 10.2. The monoisotopic (exact) mass is 333 g/mol. The highest BCUT2D eigenvalue weighted by molar-refractivity contribution is 9.10. The average Bonchev–Trinajstić information content (AvgIpc) is 2.29. The first-order chi connectivity index (χ1) is 8.41. The molecule has 0 unspecified atom stereocenters. The van der Waals surface area contributed by atoms with Crippen LogP contribution in [0.5, 0.6) is 0 Å². The molecule has 0 saturated carbocycles. The van der Waals surface area contributed by atoms with Gasteiger partial charge < -0.3 is 5.32 Å². The molecule has 0 radical (unpaired) electrons.